The number of rotatable bonds is 4. The van der Waals surface area contributed by atoms with Gasteiger partial charge in [0.25, 0.3) is 5.91 Å². The van der Waals surface area contributed by atoms with Crippen LogP contribution in [0.2, 0.25) is 0 Å². The topological polar surface area (TPSA) is 81.9 Å². The third kappa shape index (κ3) is 3.16. The Balaban J connectivity index is 1.82. The quantitative estimate of drug-likeness (QED) is 0.460. The van der Waals surface area contributed by atoms with E-state index >= 15 is 0 Å². The Morgan fingerprint density at radius 1 is 0.939 bits per heavy atom. The zero-order valence-corrected chi connectivity index (χ0v) is 18.7. The third-order valence-electron chi connectivity index (χ3n) is 6.11. The van der Waals surface area contributed by atoms with Crippen molar-refractivity contribution >= 4 is 22.7 Å². The summed E-state index contributed by atoms with van der Waals surface area (Å²) in [5.41, 5.74) is 3.08. The Labute approximate surface area is 190 Å². The number of carbonyl (C=O) groups is 1. The van der Waals surface area contributed by atoms with Gasteiger partial charge in [0.05, 0.1) is 31.2 Å². The van der Waals surface area contributed by atoms with Gasteiger partial charge in [-0.15, -0.1) is 0 Å². The minimum Gasteiger partial charge on any atom is -0.493 e. The summed E-state index contributed by atoms with van der Waals surface area (Å²) < 4.78 is 16.9. The minimum atomic E-state index is -0.732. The highest BCUT2D eigenvalue weighted by atomic mass is 16.5. The first kappa shape index (κ1) is 20.8. The van der Waals surface area contributed by atoms with Crippen molar-refractivity contribution < 1.29 is 18.7 Å². The standard InChI is InChI=1S/C26H22N2O5/c1-14-11-17-19(12-15(14)2)33-25-22(24(17)29)23(16-8-9-18(31-3)20(13-16)32-4)28(26(25)30)21-7-5-6-10-27-21/h5-13,23H,1-4H3. The van der Waals surface area contributed by atoms with Crippen LogP contribution in [-0.2, 0) is 0 Å². The summed E-state index contributed by atoms with van der Waals surface area (Å²) in [5.74, 6) is 1.08. The molecule has 0 N–H and O–H groups in total. The highest BCUT2D eigenvalue weighted by Gasteiger charge is 2.44. The lowest BCUT2D eigenvalue weighted by atomic mass is 9.97. The number of aromatic nitrogens is 1. The van der Waals surface area contributed by atoms with Crippen LogP contribution in [0.15, 0.2) is 63.9 Å². The molecule has 5 rings (SSSR count). The van der Waals surface area contributed by atoms with Crippen LogP contribution in [0.25, 0.3) is 11.0 Å². The zero-order valence-electron chi connectivity index (χ0n) is 18.7. The van der Waals surface area contributed by atoms with Crippen molar-refractivity contribution in [3.05, 3.63) is 93.0 Å². The number of hydrogen-bond acceptors (Lipinski definition) is 6. The van der Waals surface area contributed by atoms with Gasteiger partial charge in [-0.05, 0) is 66.9 Å². The molecule has 0 spiro atoms. The molecule has 0 fully saturated rings. The largest absolute Gasteiger partial charge is 0.493 e. The molecule has 33 heavy (non-hydrogen) atoms. The molecule has 2 aromatic carbocycles. The van der Waals surface area contributed by atoms with Crippen molar-refractivity contribution in [1.82, 2.24) is 4.98 Å². The molecule has 7 nitrogen and oxygen atoms in total. The molecule has 1 aliphatic rings. The number of hydrogen-bond donors (Lipinski definition) is 0. The second-order valence-corrected chi connectivity index (χ2v) is 7.99. The Morgan fingerprint density at radius 3 is 2.39 bits per heavy atom. The van der Waals surface area contributed by atoms with Crippen LogP contribution in [0.5, 0.6) is 11.5 Å². The summed E-state index contributed by atoms with van der Waals surface area (Å²) >= 11 is 0. The molecule has 166 valence electrons. The number of ether oxygens (including phenoxy) is 2. The molecule has 3 heterocycles. The average molecular weight is 442 g/mol. The fourth-order valence-corrected chi connectivity index (χ4v) is 4.30. The van der Waals surface area contributed by atoms with Crippen LogP contribution in [0.3, 0.4) is 0 Å². The number of methoxy groups -OCH3 is 2. The summed E-state index contributed by atoms with van der Waals surface area (Å²) in [6.45, 7) is 3.88. The fraction of sp³-hybridized carbons (Fsp3) is 0.192. The Bertz CT molecular complexity index is 1460. The van der Waals surface area contributed by atoms with Crippen LogP contribution < -0.4 is 19.8 Å². The first-order valence-corrected chi connectivity index (χ1v) is 10.5. The molecule has 1 unspecified atom stereocenters. The van der Waals surface area contributed by atoms with E-state index in [9.17, 15) is 9.59 Å². The highest BCUT2D eigenvalue weighted by molar-refractivity contribution is 6.10. The van der Waals surface area contributed by atoms with E-state index in [2.05, 4.69) is 4.98 Å². The van der Waals surface area contributed by atoms with Crippen molar-refractivity contribution in [2.75, 3.05) is 19.1 Å². The van der Waals surface area contributed by atoms with Crippen LogP contribution in [0.4, 0.5) is 5.82 Å². The molecular weight excluding hydrogens is 420 g/mol. The van der Waals surface area contributed by atoms with Gasteiger partial charge in [-0.1, -0.05) is 12.1 Å². The van der Waals surface area contributed by atoms with Gasteiger partial charge in [0.15, 0.2) is 16.9 Å². The number of aryl methyl sites for hydroxylation is 2. The maximum Gasteiger partial charge on any atom is 0.296 e. The van der Waals surface area contributed by atoms with E-state index in [0.29, 0.717) is 33.8 Å². The van der Waals surface area contributed by atoms with Gasteiger partial charge in [-0.2, -0.15) is 0 Å². The second-order valence-electron chi connectivity index (χ2n) is 7.99. The zero-order chi connectivity index (χ0) is 23.3. The summed E-state index contributed by atoms with van der Waals surface area (Å²) in [6.07, 6.45) is 1.61. The number of benzene rings is 2. The van der Waals surface area contributed by atoms with Gasteiger partial charge in [-0.25, -0.2) is 4.98 Å². The lowest BCUT2D eigenvalue weighted by molar-refractivity contribution is 0.0970. The smallest absolute Gasteiger partial charge is 0.296 e. The van der Waals surface area contributed by atoms with Gasteiger partial charge in [0, 0.05) is 6.20 Å². The molecule has 0 bridgehead atoms. The first-order valence-electron chi connectivity index (χ1n) is 10.5. The predicted molar refractivity (Wildman–Crippen MR) is 124 cm³/mol. The predicted octanol–water partition coefficient (Wildman–Crippen LogP) is 4.57. The molecule has 2 aromatic heterocycles. The van der Waals surface area contributed by atoms with E-state index in [1.165, 1.54) is 4.90 Å². The molecule has 0 aliphatic carbocycles. The Morgan fingerprint density at radius 2 is 1.70 bits per heavy atom. The monoisotopic (exact) mass is 442 g/mol. The molecule has 4 aromatic rings. The second kappa shape index (κ2) is 7.78. The van der Waals surface area contributed by atoms with Crippen LogP contribution in [0, 0.1) is 13.8 Å². The van der Waals surface area contributed by atoms with Crippen molar-refractivity contribution in [2.45, 2.75) is 19.9 Å². The number of nitrogens with zero attached hydrogens (tertiary/aromatic N) is 2. The van der Waals surface area contributed by atoms with E-state index in [0.717, 1.165) is 11.1 Å². The van der Waals surface area contributed by atoms with Gasteiger partial charge in [0.2, 0.25) is 5.76 Å². The average Bonchev–Trinajstić information content (AvgIpc) is 3.13. The lowest BCUT2D eigenvalue weighted by Crippen LogP contribution is -2.30. The highest BCUT2D eigenvalue weighted by Crippen LogP contribution is 2.42. The van der Waals surface area contributed by atoms with Crippen molar-refractivity contribution in [3.8, 4) is 11.5 Å². The van der Waals surface area contributed by atoms with Gasteiger partial charge >= 0.3 is 0 Å². The number of amides is 1. The van der Waals surface area contributed by atoms with E-state index in [-0.39, 0.29) is 16.8 Å². The van der Waals surface area contributed by atoms with Crippen LogP contribution >= 0.6 is 0 Å². The number of pyridine rings is 1. The maximum absolute atomic E-state index is 13.8. The minimum absolute atomic E-state index is 0.0289. The van der Waals surface area contributed by atoms with E-state index < -0.39 is 11.9 Å². The van der Waals surface area contributed by atoms with E-state index in [4.69, 9.17) is 13.9 Å². The summed E-state index contributed by atoms with van der Waals surface area (Å²) in [7, 11) is 3.09. The summed E-state index contributed by atoms with van der Waals surface area (Å²) in [4.78, 5) is 33.2. The van der Waals surface area contributed by atoms with Crippen molar-refractivity contribution in [3.63, 3.8) is 0 Å². The normalized spacial score (nSPS) is 15.1. The van der Waals surface area contributed by atoms with E-state index in [1.807, 2.05) is 26.0 Å². The number of fused-ring (bicyclic) bond motifs is 2. The maximum atomic E-state index is 13.8. The Hall–Kier alpha value is -4.13. The SMILES string of the molecule is COc1ccc(C2c3c(oc4cc(C)c(C)cc4c3=O)C(=O)N2c2ccccn2)cc1OC. The molecule has 7 heteroatoms. The third-order valence-corrected chi connectivity index (χ3v) is 6.11. The lowest BCUT2D eigenvalue weighted by Gasteiger charge is -2.24. The summed E-state index contributed by atoms with van der Waals surface area (Å²) in [5, 5.41) is 0.443. The van der Waals surface area contributed by atoms with Gasteiger partial charge in [-0.3, -0.25) is 14.5 Å². The first-order chi connectivity index (χ1) is 15.9. The molecule has 0 saturated carbocycles. The number of carbonyl (C=O) groups excluding carboxylic acids is 1. The molecule has 1 amide bonds. The van der Waals surface area contributed by atoms with Crippen LogP contribution in [-0.4, -0.2) is 25.1 Å². The fourth-order valence-electron chi connectivity index (χ4n) is 4.30. The molecule has 1 aliphatic heterocycles. The molecule has 1 atom stereocenters. The molecule has 0 saturated heterocycles. The van der Waals surface area contributed by atoms with Gasteiger partial charge < -0.3 is 13.9 Å². The Kier molecular flexibility index (Phi) is 4.89. The van der Waals surface area contributed by atoms with Gasteiger partial charge in [0.1, 0.15) is 11.4 Å². The van der Waals surface area contributed by atoms with Crippen molar-refractivity contribution in [1.29, 1.82) is 0 Å². The van der Waals surface area contributed by atoms with Crippen molar-refractivity contribution in [2.24, 2.45) is 0 Å². The van der Waals surface area contributed by atoms with Crippen LogP contribution in [0.1, 0.15) is 38.9 Å². The molecular formula is C26H22N2O5. The number of anilines is 1. The molecule has 0 radical (unpaired) electrons. The van der Waals surface area contributed by atoms with E-state index in [1.54, 1.807) is 56.8 Å². The summed E-state index contributed by atoms with van der Waals surface area (Å²) in [6, 6.07) is 13.5.